The summed E-state index contributed by atoms with van der Waals surface area (Å²) >= 11 is 0. The van der Waals surface area contributed by atoms with Gasteiger partial charge in [-0.1, -0.05) is 0 Å². The summed E-state index contributed by atoms with van der Waals surface area (Å²) in [4.78, 5) is 22.7. The minimum Gasteiger partial charge on any atom is -0.379 e. The summed E-state index contributed by atoms with van der Waals surface area (Å²) in [7, 11) is 1.79. The van der Waals surface area contributed by atoms with Gasteiger partial charge in [-0.15, -0.1) is 0 Å². The lowest BCUT2D eigenvalue weighted by Gasteiger charge is -2.18. The van der Waals surface area contributed by atoms with Gasteiger partial charge in [0.25, 0.3) is 5.91 Å². The van der Waals surface area contributed by atoms with Crippen LogP contribution in [0.5, 0.6) is 0 Å². The van der Waals surface area contributed by atoms with E-state index in [0.29, 0.717) is 12.6 Å². The smallest absolute Gasteiger partial charge is 0.255 e. The van der Waals surface area contributed by atoms with Crippen molar-refractivity contribution in [3.63, 3.8) is 0 Å². The van der Waals surface area contributed by atoms with Crippen LogP contribution in [0.1, 0.15) is 39.9 Å². The molecule has 23 heavy (non-hydrogen) atoms. The zero-order valence-corrected chi connectivity index (χ0v) is 13.8. The Morgan fingerprint density at radius 3 is 2.91 bits per heavy atom. The van der Waals surface area contributed by atoms with Crippen molar-refractivity contribution in [1.29, 1.82) is 0 Å². The van der Waals surface area contributed by atoms with E-state index < -0.39 is 0 Å². The van der Waals surface area contributed by atoms with E-state index >= 15 is 0 Å². The predicted octanol–water partition coefficient (Wildman–Crippen LogP) is 2.13. The molecule has 0 aliphatic carbocycles. The van der Waals surface area contributed by atoms with E-state index in [-0.39, 0.29) is 5.91 Å². The fourth-order valence-electron chi connectivity index (χ4n) is 3.21. The van der Waals surface area contributed by atoms with Crippen molar-refractivity contribution in [2.45, 2.75) is 32.9 Å². The molecule has 0 radical (unpaired) electrons. The summed E-state index contributed by atoms with van der Waals surface area (Å²) < 4.78 is 7.72. The maximum absolute atomic E-state index is 12.8. The molecule has 2 aromatic rings. The fraction of sp³-hybridized carbons (Fsp3) is 0.471. The number of aromatic nitrogens is 3. The summed E-state index contributed by atoms with van der Waals surface area (Å²) in [6.45, 7) is 6.01. The third-order valence-electron chi connectivity index (χ3n) is 4.35. The lowest BCUT2D eigenvalue weighted by Crippen LogP contribution is -2.27. The number of carbonyl (C=O) groups excluding carboxylic acids is 1. The summed E-state index contributed by atoms with van der Waals surface area (Å²) in [5.74, 6) is 0.00826. The first-order chi connectivity index (χ1) is 11.1. The van der Waals surface area contributed by atoms with Crippen LogP contribution in [0.3, 0.4) is 0 Å². The van der Waals surface area contributed by atoms with E-state index in [0.717, 1.165) is 42.3 Å². The van der Waals surface area contributed by atoms with Crippen LogP contribution in [-0.4, -0.2) is 45.6 Å². The molecule has 1 fully saturated rings. The minimum absolute atomic E-state index is 0.00826. The van der Waals surface area contributed by atoms with Gasteiger partial charge < -0.3 is 14.2 Å². The normalized spacial score (nSPS) is 17.4. The van der Waals surface area contributed by atoms with Gasteiger partial charge in [-0.3, -0.25) is 14.8 Å². The highest BCUT2D eigenvalue weighted by atomic mass is 16.5. The lowest BCUT2D eigenvalue weighted by molar-refractivity contribution is 0.0782. The SMILES string of the molecule is Cc1cc(C(=O)N(C)Cc2cnccn2)c(C)n1C1CCOC1. The Balaban J connectivity index is 1.80. The number of aryl methyl sites for hydroxylation is 1. The summed E-state index contributed by atoms with van der Waals surface area (Å²) in [6.07, 6.45) is 5.95. The number of nitrogens with zero attached hydrogens (tertiary/aromatic N) is 4. The number of hydrogen-bond donors (Lipinski definition) is 0. The molecule has 1 aliphatic rings. The molecule has 6 nitrogen and oxygen atoms in total. The van der Waals surface area contributed by atoms with Crippen molar-refractivity contribution >= 4 is 5.91 Å². The Bertz CT molecular complexity index is 690. The molecule has 3 heterocycles. The second-order valence-corrected chi connectivity index (χ2v) is 6.03. The molecule has 0 spiro atoms. The van der Waals surface area contributed by atoms with Crippen LogP contribution in [0.25, 0.3) is 0 Å². The van der Waals surface area contributed by atoms with Gasteiger partial charge in [0, 0.05) is 37.4 Å². The Labute approximate surface area is 136 Å². The summed E-state index contributed by atoms with van der Waals surface area (Å²) in [5, 5.41) is 0. The van der Waals surface area contributed by atoms with Gasteiger partial charge >= 0.3 is 0 Å². The molecule has 0 saturated carbocycles. The molecule has 1 unspecified atom stereocenters. The van der Waals surface area contributed by atoms with Gasteiger partial charge in [0.05, 0.1) is 36.6 Å². The molecule has 1 aliphatic heterocycles. The van der Waals surface area contributed by atoms with Crippen molar-refractivity contribution in [2.75, 3.05) is 20.3 Å². The van der Waals surface area contributed by atoms with E-state index in [4.69, 9.17) is 4.74 Å². The Kier molecular flexibility index (Phi) is 4.43. The monoisotopic (exact) mass is 314 g/mol. The first-order valence-electron chi connectivity index (χ1n) is 7.84. The second-order valence-electron chi connectivity index (χ2n) is 6.03. The molecule has 1 atom stereocenters. The van der Waals surface area contributed by atoms with Crippen LogP contribution in [0, 0.1) is 13.8 Å². The van der Waals surface area contributed by atoms with Crippen LogP contribution >= 0.6 is 0 Å². The molecular weight excluding hydrogens is 292 g/mol. The maximum Gasteiger partial charge on any atom is 0.255 e. The van der Waals surface area contributed by atoms with Crippen molar-refractivity contribution in [1.82, 2.24) is 19.4 Å². The minimum atomic E-state index is 0.00826. The first kappa shape index (κ1) is 15.7. The molecule has 1 saturated heterocycles. The van der Waals surface area contributed by atoms with Gasteiger partial charge in [0.2, 0.25) is 0 Å². The van der Waals surface area contributed by atoms with Gasteiger partial charge in [-0.2, -0.15) is 0 Å². The van der Waals surface area contributed by atoms with Gasteiger partial charge in [-0.05, 0) is 26.3 Å². The molecule has 3 rings (SSSR count). The van der Waals surface area contributed by atoms with Crippen molar-refractivity contribution < 1.29 is 9.53 Å². The number of ether oxygens (including phenoxy) is 1. The number of hydrogen-bond acceptors (Lipinski definition) is 4. The zero-order chi connectivity index (χ0) is 16.4. The highest BCUT2D eigenvalue weighted by Crippen LogP contribution is 2.27. The molecule has 0 bridgehead atoms. The highest BCUT2D eigenvalue weighted by Gasteiger charge is 2.25. The molecule has 122 valence electrons. The van der Waals surface area contributed by atoms with Gasteiger partial charge in [0.1, 0.15) is 0 Å². The predicted molar refractivity (Wildman–Crippen MR) is 86.2 cm³/mol. The Morgan fingerprint density at radius 2 is 2.26 bits per heavy atom. The quantitative estimate of drug-likeness (QED) is 0.867. The third kappa shape index (κ3) is 3.12. The zero-order valence-electron chi connectivity index (χ0n) is 13.8. The molecule has 2 aromatic heterocycles. The van der Waals surface area contributed by atoms with Crippen molar-refractivity contribution in [3.05, 3.63) is 47.3 Å². The largest absolute Gasteiger partial charge is 0.379 e. The summed E-state index contributed by atoms with van der Waals surface area (Å²) in [6, 6.07) is 2.31. The first-order valence-corrected chi connectivity index (χ1v) is 7.84. The topological polar surface area (TPSA) is 60.2 Å². The fourth-order valence-corrected chi connectivity index (χ4v) is 3.21. The van der Waals surface area contributed by atoms with E-state index in [1.165, 1.54) is 0 Å². The molecule has 0 N–H and O–H groups in total. The van der Waals surface area contributed by atoms with Crippen LogP contribution in [0.2, 0.25) is 0 Å². The van der Waals surface area contributed by atoms with E-state index in [2.05, 4.69) is 14.5 Å². The molecule has 0 aromatic carbocycles. The van der Waals surface area contributed by atoms with Crippen LogP contribution in [0.15, 0.2) is 24.7 Å². The molecule has 6 heteroatoms. The van der Waals surface area contributed by atoms with Crippen LogP contribution in [0.4, 0.5) is 0 Å². The van der Waals surface area contributed by atoms with Crippen molar-refractivity contribution in [2.24, 2.45) is 0 Å². The maximum atomic E-state index is 12.8. The van der Waals surface area contributed by atoms with Gasteiger partial charge in [0.15, 0.2) is 0 Å². The number of rotatable bonds is 4. The van der Waals surface area contributed by atoms with Gasteiger partial charge in [-0.25, -0.2) is 0 Å². The molecule has 1 amide bonds. The van der Waals surface area contributed by atoms with Crippen molar-refractivity contribution in [3.8, 4) is 0 Å². The number of carbonyl (C=O) groups is 1. The second kappa shape index (κ2) is 6.50. The summed E-state index contributed by atoms with van der Waals surface area (Å²) in [5.41, 5.74) is 3.64. The standard InChI is InChI=1S/C17H22N4O2/c1-12-8-16(13(2)21(12)15-4-7-23-11-15)17(22)20(3)10-14-9-18-5-6-19-14/h5-6,8-9,15H,4,7,10-11H2,1-3H3. The Hall–Kier alpha value is -2.21. The Morgan fingerprint density at radius 1 is 1.43 bits per heavy atom. The number of amides is 1. The average Bonchev–Trinajstić information content (AvgIpc) is 3.15. The van der Waals surface area contributed by atoms with Crippen LogP contribution in [-0.2, 0) is 11.3 Å². The van der Waals surface area contributed by atoms with E-state index in [1.807, 2.05) is 19.9 Å². The van der Waals surface area contributed by atoms with E-state index in [1.54, 1.807) is 30.5 Å². The van der Waals surface area contributed by atoms with Crippen LogP contribution < -0.4 is 0 Å². The highest BCUT2D eigenvalue weighted by molar-refractivity contribution is 5.95. The lowest BCUT2D eigenvalue weighted by atomic mass is 10.2. The van der Waals surface area contributed by atoms with E-state index in [9.17, 15) is 4.79 Å². The average molecular weight is 314 g/mol. The third-order valence-corrected chi connectivity index (χ3v) is 4.35. The molecular formula is C17H22N4O2.